The molecule has 1 heterocycles. The molecule has 2 aromatic rings. The third-order valence-electron chi connectivity index (χ3n) is 2.10. The van der Waals surface area contributed by atoms with E-state index in [9.17, 15) is 0 Å². The van der Waals surface area contributed by atoms with Crippen LogP contribution >= 0.6 is 22.6 Å². The third kappa shape index (κ3) is 1.29. The van der Waals surface area contributed by atoms with E-state index < -0.39 is 0 Å². The number of halogens is 1. The molecule has 0 amide bonds. The number of rotatable bonds is 1. The predicted octanol–water partition coefficient (Wildman–Crippen LogP) is 2.48. The molecule has 0 unspecified atom stereocenters. The van der Waals surface area contributed by atoms with Crippen LogP contribution in [0.4, 0.5) is 0 Å². The van der Waals surface area contributed by atoms with Crippen molar-refractivity contribution in [3.05, 3.63) is 21.4 Å². The number of nitrogens with zero attached hydrogens (tertiary/aromatic N) is 1. The highest BCUT2D eigenvalue weighted by Crippen LogP contribution is 2.27. The maximum atomic E-state index is 5.21. The number of nitrogens with one attached hydrogen (secondary N) is 1. The molecule has 0 saturated carbocycles. The van der Waals surface area contributed by atoms with Gasteiger partial charge >= 0.3 is 0 Å². The first-order chi connectivity index (χ1) is 6.24. The van der Waals surface area contributed by atoms with Crippen LogP contribution in [0, 0.1) is 10.6 Å². The maximum Gasteiger partial charge on any atom is 0.124 e. The first-order valence-corrected chi connectivity index (χ1v) is 4.99. The first-order valence-electron chi connectivity index (χ1n) is 3.91. The molecule has 0 atom stereocenters. The molecule has 4 heteroatoms. The summed E-state index contributed by atoms with van der Waals surface area (Å²) in [6, 6.07) is 3.99. The maximum absolute atomic E-state index is 5.21. The molecule has 13 heavy (non-hydrogen) atoms. The molecule has 0 fully saturated rings. The summed E-state index contributed by atoms with van der Waals surface area (Å²) < 4.78 is 6.27. The Morgan fingerprint density at radius 2 is 2.23 bits per heavy atom. The van der Waals surface area contributed by atoms with Crippen LogP contribution in [0.1, 0.15) is 5.56 Å². The molecule has 1 N–H and O–H groups in total. The van der Waals surface area contributed by atoms with Gasteiger partial charge < -0.3 is 4.74 Å². The van der Waals surface area contributed by atoms with E-state index in [0.29, 0.717) is 0 Å². The molecule has 3 nitrogen and oxygen atoms in total. The number of methoxy groups -OCH3 is 1. The number of aryl methyl sites for hydroxylation is 1. The average Bonchev–Trinajstić information content (AvgIpc) is 2.50. The van der Waals surface area contributed by atoms with Crippen molar-refractivity contribution in [2.75, 3.05) is 7.11 Å². The first kappa shape index (κ1) is 8.80. The van der Waals surface area contributed by atoms with Gasteiger partial charge in [-0.2, -0.15) is 5.10 Å². The zero-order valence-electron chi connectivity index (χ0n) is 7.39. The second-order valence-electron chi connectivity index (χ2n) is 2.83. The fraction of sp³-hybridized carbons (Fsp3) is 0.222. The molecule has 1 aromatic carbocycles. The summed E-state index contributed by atoms with van der Waals surface area (Å²) >= 11 is 2.23. The Morgan fingerprint density at radius 1 is 1.46 bits per heavy atom. The predicted molar refractivity (Wildman–Crippen MR) is 60.1 cm³/mol. The standard InChI is InChI=1S/C9H9IN2O/c1-5-7(13-2)4-3-6-8(5)11-12-9(6)10/h3-4H,1-2H3,(H,11,12). The summed E-state index contributed by atoms with van der Waals surface area (Å²) in [7, 11) is 1.67. The van der Waals surface area contributed by atoms with Gasteiger partial charge in [-0.1, -0.05) is 0 Å². The van der Waals surface area contributed by atoms with Crippen molar-refractivity contribution >= 4 is 33.5 Å². The van der Waals surface area contributed by atoms with Crippen LogP contribution in [-0.4, -0.2) is 17.3 Å². The number of aromatic amines is 1. The Kier molecular flexibility index (Phi) is 2.15. The number of fused-ring (bicyclic) bond motifs is 1. The van der Waals surface area contributed by atoms with Crippen molar-refractivity contribution in [1.82, 2.24) is 10.2 Å². The Labute approximate surface area is 89.6 Å². The lowest BCUT2D eigenvalue weighted by Gasteiger charge is -2.03. The Bertz CT molecular complexity index is 450. The van der Waals surface area contributed by atoms with Gasteiger partial charge in [-0.05, 0) is 41.6 Å². The second kappa shape index (κ2) is 3.17. The van der Waals surface area contributed by atoms with E-state index in [1.54, 1.807) is 7.11 Å². The normalized spacial score (nSPS) is 10.7. The van der Waals surface area contributed by atoms with Crippen LogP contribution in [0.25, 0.3) is 10.9 Å². The number of aromatic nitrogens is 2. The molecule has 0 bridgehead atoms. The lowest BCUT2D eigenvalue weighted by molar-refractivity contribution is 0.412. The lowest BCUT2D eigenvalue weighted by Crippen LogP contribution is -1.87. The molecule has 0 radical (unpaired) electrons. The number of hydrogen-bond donors (Lipinski definition) is 1. The highest BCUT2D eigenvalue weighted by molar-refractivity contribution is 14.1. The van der Waals surface area contributed by atoms with E-state index in [0.717, 1.165) is 25.9 Å². The molecule has 0 aliphatic rings. The van der Waals surface area contributed by atoms with Gasteiger partial charge in [-0.3, -0.25) is 5.10 Å². The van der Waals surface area contributed by atoms with Crippen molar-refractivity contribution in [2.45, 2.75) is 6.92 Å². The van der Waals surface area contributed by atoms with Gasteiger partial charge in [0.05, 0.1) is 12.6 Å². The highest BCUT2D eigenvalue weighted by Gasteiger charge is 2.08. The van der Waals surface area contributed by atoms with Crippen molar-refractivity contribution in [2.24, 2.45) is 0 Å². The minimum absolute atomic E-state index is 0.885. The monoisotopic (exact) mass is 288 g/mol. The molecule has 0 spiro atoms. The number of ether oxygens (including phenoxy) is 1. The molecule has 0 aliphatic carbocycles. The topological polar surface area (TPSA) is 37.9 Å². The van der Waals surface area contributed by atoms with Gasteiger partial charge in [0.15, 0.2) is 0 Å². The average molecular weight is 288 g/mol. The van der Waals surface area contributed by atoms with Gasteiger partial charge in [0.2, 0.25) is 0 Å². The summed E-state index contributed by atoms with van der Waals surface area (Å²) in [5, 5.41) is 8.32. The van der Waals surface area contributed by atoms with E-state index >= 15 is 0 Å². The van der Waals surface area contributed by atoms with Crippen LogP contribution < -0.4 is 4.74 Å². The molecular weight excluding hydrogens is 279 g/mol. The summed E-state index contributed by atoms with van der Waals surface area (Å²) in [4.78, 5) is 0. The largest absolute Gasteiger partial charge is 0.496 e. The van der Waals surface area contributed by atoms with Gasteiger partial charge in [0.25, 0.3) is 0 Å². The van der Waals surface area contributed by atoms with Crippen LogP contribution in [0.2, 0.25) is 0 Å². The fourth-order valence-electron chi connectivity index (χ4n) is 1.39. The molecule has 68 valence electrons. The van der Waals surface area contributed by atoms with E-state index in [1.165, 1.54) is 0 Å². The van der Waals surface area contributed by atoms with Crippen LogP contribution in [0.3, 0.4) is 0 Å². The second-order valence-corrected chi connectivity index (χ2v) is 3.91. The lowest BCUT2D eigenvalue weighted by atomic mass is 10.1. The molecular formula is C9H9IN2O. The van der Waals surface area contributed by atoms with E-state index in [-0.39, 0.29) is 0 Å². The summed E-state index contributed by atoms with van der Waals surface area (Å²) in [6.07, 6.45) is 0. The third-order valence-corrected chi connectivity index (χ3v) is 2.93. The Hall–Kier alpha value is -0.780. The number of H-pyrrole nitrogens is 1. The molecule has 1 aromatic heterocycles. The van der Waals surface area contributed by atoms with E-state index in [2.05, 4.69) is 32.8 Å². The van der Waals surface area contributed by atoms with Gasteiger partial charge in [-0.15, -0.1) is 0 Å². The van der Waals surface area contributed by atoms with Crippen molar-refractivity contribution in [1.29, 1.82) is 0 Å². The Balaban J connectivity index is 2.80. The van der Waals surface area contributed by atoms with Crippen LogP contribution in [0.5, 0.6) is 5.75 Å². The van der Waals surface area contributed by atoms with Crippen molar-refractivity contribution in [3.63, 3.8) is 0 Å². The van der Waals surface area contributed by atoms with Crippen molar-refractivity contribution in [3.8, 4) is 5.75 Å². The van der Waals surface area contributed by atoms with E-state index in [1.807, 2.05) is 19.1 Å². The SMILES string of the molecule is COc1ccc2c(I)[nH]nc2c1C. The summed E-state index contributed by atoms with van der Waals surface area (Å²) in [6.45, 7) is 2.01. The fourth-order valence-corrected chi connectivity index (χ4v) is 1.95. The molecule has 2 rings (SSSR count). The summed E-state index contributed by atoms with van der Waals surface area (Å²) in [5.41, 5.74) is 2.07. The van der Waals surface area contributed by atoms with Gasteiger partial charge in [-0.25, -0.2) is 0 Å². The number of benzene rings is 1. The number of hydrogen-bond acceptors (Lipinski definition) is 2. The highest BCUT2D eigenvalue weighted by atomic mass is 127. The van der Waals surface area contributed by atoms with E-state index in [4.69, 9.17) is 4.74 Å². The Morgan fingerprint density at radius 3 is 2.92 bits per heavy atom. The van der Waals surface area contributed by atoms with Gasteiger partial charge in [0, 0.05) is 10.9 Å². The minimum Gasteiger partial charge on any atom is -0.496 e. The zero-order valence-corrected chi connectivity index (χ0v) is 9.55. The minimum atomic E-state index is 0.885. The quantitative estimate of drug-likeness (QED) is 0.819. The zero-order chi connectivity index (χ0) is 9.42. The smallest absolute Gasteiger partial charge is 0.124 e. The summed E-state index contributed by atoms with van der Waals surface area (Å²) in [5.74, 6) is 0.885. The molecule has 0 saturated heterocycles. The molecule has 0 aliphatic heterocycles. The van der Waals surface area contributed by atoms with Gasteiger partial charge in [0.1, 0.15) is 9.45 Å². The van der Waals surface area contributed by atoms with Crippen LogP contribution in [0.15, 0.2) is 12.1 Å². The van der Waals surface area contributed by atoms with Crippen LogP contribution in [-0.2, 0) is 0 Å². The van der Waals surface area contributed by atoms with Crippen molar-refractivity contribution < 1.29 is 4.74 Å².